The second kappa shape index (κ2) is 8.91. The maximum atomic E-state index is 14.8. The molecular formula is C25H26ClFN4O3. The molecule has 7 nitrogen and oxygen atoms in total. The van der Waals surface area contributed by atoms with E-state index in [1.807, 2.05) is 30.3 Å². The highest BCUT2D eigenvalue weighted by Crippen LogP contribution is 2.47. The number of morpholine rings is 1. The van der Waals surface area contributed by atoms with Gasteiger partial charge < -0.3 is 14.2 Å². The molecule has 2 atom stereocenters. The Morgan fingerprint density at radius 1 is 1.09 bits per heavy atom. The largest absolute Gasteiger partial charge is 0.472 e. The van der Waals surface area contributed by atoms with E-state index in [1.165, 1.54) is 6.20 Å². The number of benzene rings is 1. The smallest absolute Gasteiger partial charge is 0.320 e. The minimum absolute atomic E-state index is 0.0441. The van der Waals surface area contributed by atoms with Crippen LogP contribution in [0.2, 0.25) is 5.15 Å². The van der Waals surface area contributed by atoms with E-state index < -0.39 is 5.82 Å². The van der Waals surface area contributed by atoms with Crippen LogP contribution in [0.3, 0.4) is 0 Å². The van der Waals surface area contributed by atoms with Crippen LogP contribution in [0.1, 0.15) is 31.2 Å². The summed E-state index contributed by atoms with van der Waals surface area (Å²) in [6.45, 7) is 3.69. The molecule has 1 aliphatic carbocycles. The lowest BCUT2D eigenvalue weighted by atomic mass is 10.1. The van der Waals surface area contributed by atoms with Crippen LogP contribution in [0.25, 0.3) is 10.9 Å². The van der Waals surface area contributed by atoms with Crippen molar-refractivity contribution in [2.75, 3.05) is 26.2 Å². The summed E-state index contributed by atoms with van der Waals surface area (Å²) in [5.74, 6) is -0.484. The fraction of sp³-hybridized carbons (Fsp3) is 0.480. The maximum Gasteiger partial charge on any atom is 0.320 e. The van der Waals surface area contributed by atoms with Gasteiger partial charge in [-0.05, 0) is 31.2 Å². The number of fused-ring (bicyclic) bond motifs is 3. The third-order valence-electron chi connectivity index (χ3n) is 6.95. The molecule has 0 spiro atoms. The molecule has 3 fully saturated rings. The van der Waals surface area contributed by atoms with E-state index >= 15 is 0 Å². The van der Waals surface area contributed by atoms with Crippen molar-refractivity contribution in [3.05, 3.63) is 53.1 Å². The van der Waals surface area contributed by atoms with Gasteiger partial charge in [0.2, 0.25) is 5.88 Å². The fourth-order valence-corrected chi connectivity index (χ4v) is 5.07. The zero-order chi connectivity index (χ0) is 23.1. The van der Waals surface area contributed by atoms with Gasteiger partial charge in [0.25, 0.3) is 0 Å². The average molecular weight is 485 g/mol. The van der Waals surface area contributed by atoms with Gasteiger partial charge >= 0.3 is 6.01 Å². The first-order valence-electron chi connectivity index (χ1n) is 11.8. The molecule has 2 aromatic heterocycles. The lowest BCUT2D eigenvalue weighted by Gasteiger charge is -2.34. The van der Waals surface area contributed by atoms with Crippen molar-refractivity contribution in [2.45, 2.75) is 44.5 Å². The van der Waals surface area contributed by atoms with E-state index in [0.29, 0.717) is 24.2 Å². The van der Waals surface area contributed by atoms with Gasteiger partial charge in [0.1, 0.15) is 12.1 Å². The SMILES string of the molecule is Fc1c(Cl)ncc2c(OCc3ccccc3)nc(OCC3(CN4CC5CCC(C4)O5)CC3)nc12. The number of rotatable bonds is 8. The topological polar surface area (TPSA) is 69.6 Å². The van der Waals surface area contributed by atoms with Crippen molar-refractivity contribution in [1.29, 1.82) is 0 Å². The Morgan fingerprint density at radius 3 is 2.59 bits per heavy atom. The Kier molecular flexibility index (Phi) is 5.75. The fourth-order valence-electron chi connectivity index (χ4n) is 4.93. The molecule has 1 aromatic carbocycles. The van der Waals surface area contributed by atoms with E-state index in [2.05, 4.69) is 19.9 Å². The van der Waals surface area contributed by atoms with E-state index in [4.69, 9.17) is 25.8 Å². The molecule has 4 heterocycles. The first kappa shape index (κ1) is 21.9. The molecule has 0 radical (unpaired) electrons. The van der Waals surface area contributed by atoms with Crippen LogP contribution >= 0.6 is 11.6 Å². The van der Waals surface area contributed by atoms with Crippen LogP contribution in [0.15, 0.2) is 36.5 Å². The molecule has 0 N–H and O–H groups in total. The number of pyridine rings is 1. The van der Waals surface area contributed by atoms with Gasteiger partial charge in [-0.2, -0.15) is 9.97 Å². The van der Waals surface area contributed by atoms with Crippen molar-refractivity contribution >= 4 is 22.5 Å². The minimum Gasteiger partial charge on any atom is -0.472 e. The predicted molar refractivity (Wildman–Crippen MR) is 125 cm³/mol. The number of likely N-dealkylation sites (tertiary alicyclic amines) is 1. The van der Waals surface area contributed by atoms with Gasteiger partial charge in [-0.3, -0.25) is 4.90 Å². The molecule has 9 heteroatoms. The summed E-state index contributed by atoms with van der Waals surface area (Å²) >= 11 is 5.92. The normalized spacial score (nSPS) is 23.2. The third kappa shape index (κ3) is 4.54. The Hall–Kier alpha value is -2.55. The highest BCUT2D eigenvalue weighted by molar-refractivity contribution is 6.30. The van der Waals surface area contributed by atoms with Crippen molar-refractivity contribution in [1.82, 2.24) is 19.9 Å². The highest BCUT2D eigenvalue weighted by atomic mass is 35.5. The molecule has 0 amide bonds. The Morgan fingerprint density at radius 2 is 1.85 bits per heavy atom. The second-order valence-electron chi connectivity index (χ2n) is 9.65. The van der Waals surface area contributed by atoms with E-state index in [9.17, 15) is 4.39 Å². The van der Waals surface area contributed by atoms with Crippen molar-refractivity contribution < 1.29 is 18.6 Å². The molecule has 178 valence electrons. The summed E-state index contributed by atoms with van der Waals surface area (Å²) < 4.78 is 32.7. The summed E-state index contributed by atoms with van der Waals surface area (Å²) in [5, 5.41) is 0.113. The average Bonchev–Trinajstić information content (AvgIpc) is 3.53. The van der Waals surface area contributed by atoms with Gasteiger partial charge in [-0.15, -0.1) is 0 Å². The first-order valence-corrected chi connectivity index (χ1v) is 12.1. The Labute approximate surface area is 202 Å². The molecule has 6 rings (SSSR count). The molecule has 3 aliphatic rings. The third-order valence-corrected chi connectivity index (χ3v) is 7.21. The van der Waals surface area contributed by atoms with Crippen molar-refractivity contribution in [3.63, 3.8) is 0 Å². The number of hydrogen-bond acceptors (Lipinski definition) is 7. The summed E-state index contributed by atoms with van der Waals surface area (Å²) in [4.78, 5) is 15.2. The van der Waals surface area contributed by atoms with Gasteiger partial charge in [0.15, 0.2) is 11.0 Å². The second-order valence-corrected chi connectivity index (χ2v) is 10.0. The highest BCUT2D eigenvalue weighted by Gasteiger charge is 2.47. The lowest BCUT2D eigenvalue weighted by Crippen LogP contribution is -2.45. The number of hydrogen-bond donors (Lipinski definition) is 0. The monoisotopic (exact) mass is 484 g/mol. The zero-order valence-corrected chi connectivity index (χ0v) is 19.5. The standard InChI is InChI=1S/C25H26ClFN4O3/c26-22-20(27)21-19(10-28-22)23(32-13-16-4-2-1-3-5-16)30-24(29-21)33-15-25(8-9-25)14-31-11-17-6-7-18(12-31)34-17/h1-5,10,17-18H,6-9,11-15H2. The van der Waals surface area contributed by atoms with Crippen LogP contribution in [-0.2, 0) is 11.3 Å². The van der Waals surface area contributed by atoms with Gasteiger partial charge in [-0.25, -0.2) is 9.37 Å². The van der Waals surface area contributed by atoms with Gasteiger partial charge in [0.05, 0.1) is 24.2 Å². The van der Waals surface area contributed by atoms with Crippen LogP contribution < -0.4 is 9.47 Å². The van der Waals surface area contributed by atoms with Crippen molar-refractivity contribution in [3.8, 4) is 11.9 Å². The molecular weight excluding hydrogens is 459 g/mol. The van der Waals surface area contributed by atoms with Crippen LogP contribution in [0.4, 0.5) is 4.39 Å². The first-order chi connectivity index (χ1) is 16.6. The maximum absolute atomic E-state index is 14.8. The van der Waals surface area contributed by atoms with Crippen LogP contribution in [0.5, 0.6) is 11.9 Å². The molecule has 3 aromatic rings. The molecule has 2 aliphatic heterocycles. The van der Waals surface area contributed by atoms with Crippen molar-refractivity contribution in [2.24, 2.45) is 5.41 Å². The molecule has 34 heavy (non-hydrogen) atoms. The molecule has 2 unspecified atom stereocenters. The van der Waals surface area contributed by atoms with E-state index in [0.717, 1.165) is 50.9 Å². The Balaban J connectivity index is 1.20. The van der Waals surface area contributed by atoms with Crippen LogP contribution in [0, 0.1) is 11.2 Å². The van der Waals surface area contributed by atoms with Crippen LogP contribution in [-0.4, -0.2) is 58.3 Å². The summed E-state index contributed by atoms with van der Waals surface area (Å²) in [6.07, 6.45) is 6.66. The van der Waals surface area contributed by atoms with E-state index in [1.54, 1.807) is 0 Å². The van der Waals surface area contributed by atoms with E-state index in [-0.39, 0.29) is 34.6 Å². The molecule has 1 saturated carbocycles. The number of ether oxygens (including phenoxy) is 3. The number of aromatic nitrogens is 3. The zero-order valence-electron chi connectivity index (χ0n) is 18.8. The van der Waals surface area contributed by atoms with Gasteiger partial charge in [-0.1, -0.05) is 41.9 Å². The lowest BCUT2D eigenvalue weighted by molar-refractivity contribution is -0.0460. The summed E-state index contributed by atoms with van der Waals surface area (Å²) in [7, 11) is 0. The summed E-state index contributed by atoms with van der Waals surface area (Å²) in [6, 6.07) is 9.79. The number of halogens is 2. The molecule has 2 bridgehead atoms. The predicted octanol–water partition coefficient (Wildman–Crippen LogP) is 4.42. The quantitative estimate of drug-likeness (QED) is 0.438. The molecule has 2 saturated heterocycles. The summed E-state index contributed by atoms with van der Waals surface area (Å²) in [5.41, 5.74) is 1.09. The Bertz CT molecular complexity index is 1180. The minimum atomic E-state index is -0.707. The van der Waals surface area contributed by atoms with Gasteiger partial charge in [0, 0.05) is 31.2 Å². The number of nitrogens with zero attached hydrogens (tertiary/aromatic N) is 4.